The molecule has 0 atom stereocenters. The Morgan fingerprint density at radius 2 is 1.66 bits per heavy atom. The summed E-state index contributed by atoms with van der Waals surface area (Å²) in [4.78, 5) is 23.4. The highest BCUT2D eigenvalue weighted by Gasteiger charge is 2.32. The van der Waals surface area contributed by atoms with Crippen LogP contribution in [0.5, 0.6) is 0 Å². The largest absolute Gasteiger partial charge is 0.710 e. The van der Waals surface area contributed by atoms with Gasteiger partial charge >= 0.3 is 11.9 Å². The van der Waals surface area contributed by atoms with E-state index < -0.39 is 11.9 Å². The standard InChI is InChI=1S/C22H22N2O5/c1-13(2)15-5-7-16(8-6-15)20-23(14(3)19(24(20)28)22(27)29-4)18-11-9-17(10-12-18)21(25)26/h5-13H,1-4H3,(H,25,26). The summed E-state index contributed by atoms with van der Waals surface area (Å²) in [5.41, 5.74) is 2.74. The number of benzene rings is 2. The predicted octanol–water partition coefficient (Wildman–Crippen LogP) is 3.69. The molecule has 0 amide bonds. The first-order chi connectivity index (χ1) is 13.8. The number of carboxylic acids is 1. The van der Waals surface area contributed by atoms with E-state index >= 15 is 0 Å². The maximum Gasteiger partial charge on any atom is 0.382 e. The van der Waals surface area contributed by atoms with Gasteiger partial charge < -0.3 is 15.1 Å². The summed E-state index contributed by atoms with van der Waals surface area (Å²) in [7, 11) is 1.22. The average Bonchev–Trinajstić information content (AvgIpc) is 2.97. The third-order valence-corrected chi connectivity index (χ3v) is 4.87. The number of carbonyl (C=O) groups is 2. The van der Waals surface area contributed by atoms with E-state index in [1.54, 1.807) is 23.6 Å². The summed E-state index contributed by atoms with van der Waals surface area (Å²) in [6.07, 6.45) is 0. The Balaban J connectivity index is 2.25. The third kappa shape index (κ3) is 3.59. The minimum absolute atomic E-state index is 0.113. The number of imidazole rings is 1. The molecule has 0 bridgehead atoms. The fourth-order valence-electron chi connectivity index (χ4n) is 3.27. The Bertz CT molecular complexity index is 1060. The van der Waals surface area contributed by atoms with Crippen molar-refractivity contribution in [3.63, 3.8) is 0 Å². The highest BCUT2D eigenvalue weighted by atomic mass is 16.5. The third-order valence-electron chi connectivity index (χ3n) is 4.87. The lowest BCUT2D eigenvalue weighted by Crippen LogP contribution is -2.35. The monoisotopic (exact) mass is 394 g/mol. The molecule has 0 saturated heterocycles. The van der Waals surface area contributed by atoms with Crippen molar-refractivity contribution < 1.29 is 24.2 Å². The fraction of sp³-hybridized carbons (Fsp3) is 0.227. The van der Waals surface area contributed by atoms with Crippen LogP contribution in [0.4, 0.5) is 0 Å². The van der Waals surface area contributed by atoms with E-state index in [0.717, 1.165) is 5.56 Å². The summed E-state index contributed by atoms with van der Waals surface area (Å²) < 4.78 is 6.99. The maximum atomic E-state index is 13.1. The van der Waals surface area contributed by atoms with Gasteiger partial charge in [0.2, 0.25) is 0 Å². The minimum Gasteiger partial charge on any atom is -0.710 e. The number of rotatable bonds is 5. The Morgan fingerprint density at radius 3 is 2.14 bits per heavy atom. The van der Waals surface area contributed by atoms with Crippen molar-refractivity contribution in [2.75, 3.05) is 7.11 Å². The first-order valence-electron chi connectivity index (χ1n) is 9.13. The second-order valence-electron chi connectivity index (χ2n) is 7.01. The lowest BCUT2D eigenvalue weighted by Gasteiger charge is -2.09. The van der Waals surface area contributed by atoms with E-state index in [9.17, 15) is 14.8 Å². The molecular weight excluding hydrogens is 372 g/mol. The van der Waals surface area contributed by atoms with Crippen LogP contribution in [0.2, 0.25) is 0 Å². The van der Waals surface area contributed by atoms with Gasteiger partial charge in [-0.15, -0.1) is 0 Å². The molecule has 0 aliphatic heterocycles. The molecule has 0 radical (unpaired) electrons. The van der Waals surface area contributed by atoms with Gasteiger partial charge in [0.05, 0.1) is 18.2 Å². The molecule has 0 unspecified atom stereocenters. The van der Waals surface area contributed by atoms with E-state index in [1.165, 1.54) is 19.2 Å². The average molecular weight is 394 g/mol. The van der Waals surface area contributed by atoms with Crippen LogP contribution in [-0.4, -0.2) is 28.7 Å². The zero-order valence-corrected chi connectivity index (χ0v) is 16.7. The summed E-state index contributed by atoms with van der Waals surface area (Å²) in [6.45, 7) is 5.81. The molecule has 0 saturated carbocycles. The summed E-state index contributed by atoms with van der Waals surface area (Å²) in [6, 6.07) is 13.7. The molecule has 3 rings (SSSR count). The molecule has 7 nitrogen and oxygen atoms in total. The second kappa shape index (κ2) is 7.79. The number of aromatic carboxylic acids is 1. The Hall–Kier alpha value is -3.61. The van der Waals surface area contributed by atoms with Crippen molar-refractivity contribution in [1.29, 1.82) is 0 Å². The first-order valence-corrected chi connectivity index (χ1v) is 9.13. The molecule has 1 aromatic heterocycles. The molecule has 1 heterocycles. The predicted molar refractivity (Wildman–Crippen MR) is 107 cm³/mol. The molecule has 29 heavy (non-hydrogen) atoms. The van der Waals surface area contributed by atoms with Crippen molar-refractivity contribution in [3.05, 3.63) is 76.3 Å². The van der Waals surface area contributed by atoms with Gasteiger partial charge in [-0.3, -0.25) is 0 Å². The topological polar surface area (TPSA) is 95.5 Å². The van der Waals surface area contributed by atoms with Crippen LogP contribution in [0.1, 0.15) is 51.9 Å². The van der Waals surface area contributed by atoms with E-state index in [4.69, 9.17) is 9.84 Å². The Labute approximate surface area is 168 Å². The Kier molecular flexibility index (Phi) is 5.41. The molecule has 3 aromatic rings. The van der Waals surface area contributed by atoms with Crippen molar-refractivity contribution in [2.24, 2.45) is 0 Å². The molecule has 2 aromatic carbocycles. The van der Waals surface area contributed by atoms with Gasteiger partial charge in [0.15, 0.2) is 5.69 Å². The minimum atomic E-state index is -1.04. The number of hydrogen-bond acceptors (Lipinski definition) is 4. The number of ether oxygens (including phenoxy) is 1. The van der Waals surface area contributed by atoms with Crippen molar-refractivity contribution >= 4 is 11.9 Å². The normalized spacial score (nSPS) is 10.9. The number of aromatic nitrogens is 2. The zero-order valence-electron chi connectivity index (χ0n) is 16.7. The number of nitrogens with zero attached hydrogens (tertiary/aromatic N) is 2. The summed E-state index contributed by atoms with van der Waals surface area (Å²) >= 11 is 0. The molecule has 1 N–H and O–H groups in total. The first kappa shape index (κ1) is 20.1. The number of carboxylic acid groups (broad SMARTS) is 1. The number of methoxy groups -OCH3 is 1. The van der Waals surface area contributed by atoms with Gasteiger partial charge in [0.25, 0.3) is 11.5 Å². The van der Waals surface area contributed by atoms with Crippen LogP contribution in [0.15, 0.2) is 48.5 Å². The van der Waals surface area contributed by atoms with Crippen molar-refractivity contribution in [1.82, 2.24) is 4.57 Å². The number of esters is 1. The van der Waals surface area contributed by atoms with Gasteiger partial charge in [-0.1, -0.05) is 26.0 Å². The van der Waals surface area contributed by atoms with E-state index in [1.807, 2.05) is 24.3 Å². The fourth-order valence-corrected chi connectivity index (χ4v) is 3.27. The van der Waals surface area contributed by atoms with Crippen molar-refractivity contribution in [2.45, 2.75) is 26.7 Å². The second-order valence-corrected chi connectivity index (χ2v) is 7.01. The molecule has 0 spiro atoms. The Morgan fingerprint density at radius 1 is 1.07 bits per heavy atom. The van der Waals surface area contributed by atoms with E-state index in [-0.39, 0.29) is 17.1 Å². The van der Waals surface area contributed by atoms with Crippen LogP contribution >= 0.6 is 0 Å². The smallest absolute Gasteiger partial charge is 0.382 e. The van der Waals surface area contributed by atoms with E-state index in [0.29, 0.717) is 27.6 Å². The summed E-state index contributed by atoms with van der Waals surface area (Å²) in [5, 5.41) is 22.2. The molecule has 0 aliphatic carbocycles. The highest BCUT2D eigenvalue weighted by molar-refractivity contribution is 5.88. The molecule has 150 valence electrons. The van der Waals surface area contributed by atoms with Crippen LogP contribution in [0.25, 0.3) is 17.1 Å². The SMILES string of the molecule is COC(=O)c1c(C)n(-c2ccc(C(=O)O)cc2)c(-c2ccc(C(C)C)cc2)[n+]1[O-]. The van der Waals surface area contributed by atoms with Crippen LogP contribution < -0.4 is 4.73 Å². The van der Waals surface area contributed by atoms with Crippen LogP contribution in [0.3, 0.4) is 0 Å². The summed E-state index contributed by atoms with van der Waals surface area (Å²) in [5.74, 6) is -1.19. The molecular formula is C22H22N2O5. The molecule has 0 aliphatic rings. The van der Waals surface area contributed by atoms with Crippen LogP contribution in [0, 0.1) is 12.1 Å². The van der Waals surface area contributed by atoms with Crippen LogP contribution in [-0.2, 0) is 4.74 Å². The van der Waals surface area contributed by atoms with Crippen molar-refractivity contribution in [3.8, 4) is 17.1 Å². The number of hydrogen-bond donors (Lipinski definition) is 1. The van der Waals surface area contributed by atoms with Gasteiger partial charge in [-0.2, -0.15) is 4.57 Å². The lowest BCUT2D eigenvalue weighted by molar-refractivity contribution is -0.595. The highest BCUT2D eigenvalue weighted by Crippen LogP contribution is 2.27. The van der Waals surface area contributed by atoms with Gasteiger partial charge in [-0.25, -0.2) is 14.3 Å². The van der Waals surface area contributed by atoms with E-state index in [2.05, 4.69) is 13.8 Å². The molecule has 0 fully saturated rings. The quantitative estimate of drug-likeness (QED) is 0.404. The maximum absolute atomic E-state index is 13.1. The molecule has 7 heteroatoms. The zero-order chi connectivity index (χ0) is 21.3. The number of carbonyl (C=O) groups excluding carboxylic acids is 1. The van der Waals surface area contributed by atoms with Gasteiger partial charge in [0, 0.05) is 6.92 Å². The van der Waals surface area contributed by atoms with Gasteiger partial charge in [0.1, 0.15) is 5.69 Å². The lowest BCUT2D eigenvalue weighted by atomic mass is 10.0. The van der Waals surface area contributed by atoms with Gasteiger partial charge in [-0.05, 0) is 47.9 Å².